The van der Waals surface area contributed by atoms with Gasteiger partial charge in [0.05, 0.1) is 0 Å². The molecule has 1 aromatic rings. The van der Waals surface area contributed by atoms with Crippen LogP contribution in [0.1, 0.15) is 31.6 Å². The highest BCUT2D eigenvalue weighted by Crippen LogP contribution is 2.29. The zero-order chi connectivity index (χ0) is 17.0. The zero-order valence-corrected chi connectivity index (χ0v) is 15.3. The lowest BCUT2D eigenvalue weighted by atomic mass is 9.93. The molecule has 130 valence electrons. The summed E-state index contributed by atoms with van der Waals surface area (Å²) in [4.78, 5) is 11.8. The number of rotatable bonds is 6. The van der Waals surface area contributed by atoms with Crippen LogP contribution in [0.25, 0.3) is 0 Å². The smallest absolute Gasteiger partial charge is 0.252 e. The van der Waals surface area contributed by atoms with Crippen molar-refractivity contribution >= 4 is 27.3 Å². The number of hydrogen-bond donors (Lipinski definition) is 2. The van der Waals surface area contributed by atoms with Gasteiger partial charge in [-0.05, 0) is 44.2 Å². The molecule has 1 saturated heterocycles. The average Bonchev–Trinajstić information content (AvgIpc) is 2.96. The van der Waals surface area contributed by atoms with Gasteiger partial charge < -0.3 is 11.1 Å². The van der Waals surface area contributed by atoms with Crippen molar-refractivity contribution < 1.29 is 13.2 Å². The number of nitrogens with two attached hydrogens (primary N) is 1. The molecule has 0 saturated carbocycles. The Morgan fingerprint density at radius 3 is 2.91 bits per heavy atom. The Hall–Kier alpha value is -0.960. The zero-order valence-electron chi connectivity index (χ0n) is 13.6. The van der Waals surface area contributed by atoms with Gasteiger partial charge in [0, 0.05) is 37.5 Å². The van der Waals surface area contributed by atoms with Gasteiger partial charge in [-0.1, -0.05) is 0 Å². The second-order valence-electron chi connectivity index (χ2n) is 6.08. The fourth-order valence-electron chi connectivity index (χ4n) is 2.74. The second-order valence-corrected chi connectivity index (χ2v) is 9.41. The molecule has 3 N–H and O–H groups in total. The van der Waals surface area contributed by atoms with Gasteiger partial charge in [-0.3, -0.25) is 4.79 Å². The van der Waals surface area contributed by atoms with Crippen LogP contribution in [0.3, 0.4) is 0 Å². The predicted molar refractivity (Wildman–Crippen MR) is 91.8 cm³/mol. The molecule has 0 radical (unpaired) electrons. The van der Waals surface area contributed by atoms with E-state index in [9.17, 15) is 13.2 Å². The van der Waals surface area contributed by atoms with Crippen molar-refractivity contribution in [3.8, 4) is 0 Å². The molecule has 2 heterocycles. The summed E-state index contributed by atoms with van der Waals surface area (Å²) in [6, 6.07) is 3.50. The number of nitrogens with zero attached hydrogens (tertiary/aromatic N) is 1. The number of carbonyl (C=O) groups is 1. The Bertz CT molecular complexity index is 640. The number of amides is 1. The second kappa shape index (κ2) is 7.74. The van der Waals surface area contributed by atoms with E-state index >= 15 is 0 Å². The fourth-order valence-corrected chi connectivity index (χ4v) is 5.79. The molecule has 1 aliphatic rings. The van der Waals surface area contributed by atoms with Crippen molar-refractivity contribution in [2.75, 3.05) is 19.6 Å². The lowest BCUT2D eigenvalue weighted by Crippen LogP contribution is -2.44. The van der Waals surface area contributed by atoms with Gasteiger partial charge in [-0.2, -0.15) is 4.31 Å². The van der Waals surface area contributed by atoms with Gasteiger partial charge in [0.15, 0.2) is 0 Å². The number of hydrogen-bond acceptors (Lipinski definition) is 5. The number of piperidine rings is 1. The van der Waals surface area contributed by atoms with Crippen LogP contribution >= 0.6 is 11.3 Å². The standard InChI is InChI=1S/C15H25N3O3S2/c1-11(16)13-4-3-9-18(10-13)23(20,21)15-6-5-14(22-15)7-8-17-12(2)19/h5-6,11,13H,3-4,7-10,16H2,1-2H3,(H,17,19). The Balaban J connectivity index is 2.04. The van der Waals surface area contributed by atoms with E-state index in [0.717, 1.165) is 17.7 Å². The summed E-state index contributed by atoms with van der Waals surface area (Å²) < 4.78 is 27.5. The van der Waals surface area contributed by atoms with Crippen molar-refractivity contribution in [2.45, 2.75) is 43.4 Å². The summed E-state index contributed by atoms with van der Waals surface area (Å²) in [5, 5.41) is 2.72. The van der Waals surface area contributed by atoms with Crippen molar-refractivity contribution in [3.05, 3.63) is 17.0 Å². The molecule has 0 spiro atoms. The van der Waals surface area contributed by atoms with Gasteiger partial charge in [0.2, 0.25) is 5.91 Å². The highest BCUT2D eigenvalue weighted by atomic mass is 32.2. The molecule has 2 rings (SSSR count). The molecule has 0 aromatic carbocycles. The molecule has 0 bridgehead atoms. The van der Waals surface area contributed by atoms with E-state index < -0.39 is 10.0 Å². The lowest BCUT2D eigenvalue weighted by molar-refractivity contribution is -0.118. The molecule has 1 fully saturated rings. The molecule has 1 amide bonds. The van der Waals surface area contributed by atoms with E-state index in [0.29, 0.717) is 30.3 Å². The number of carbonyl (C=O) groups excluding carboxylic acids is 1. The molecular formula is C15H25N3O3S2. The Morgan fingerprint density at radius 2 is 2.26 bits per heavy atom. The van der Waals surface area contributed by atoms with E-state index in [2.05, 4.69) is 5.32 Å². The highest BCUT2D eigenvalue weighted by Gasteiger charge is 2.32. The third-order valence-corrected chi connectivity index (χ3v) is 7.62. The summed E-state index contributed by atoms with van der Waals surface area (Å²) in [7, 11) is -3.44. The third kappa shape index (κ3) is 4.76. The number of thiophene rings is 1. The minimum absolute atomic E-state index is 0.00421. The lowest BCUT2D eigenvalue weighted by Gasteiger charge is -2.33. The number of nitrogens with one attached hydrogen (secondary N) is 1. The third-order valence-electron chi connectivity index (χ3n) is 4.14. The average molecular weight is 360 g/mol. The van der Waals surface area contributed by atoms with E-state index in [4.69, 9.17) is 5.73 Å². The van der Waals surface area contributed by atoms with Crippen LogP contribution in [0.2, 0.25) is 0 Å². The normalized spacial score (nSPS) is 21.1. The molecule has 1 aromatic heterocycles. The van der Waals surface area contributed by atoms with Gasteiger partial charge in [0.1, 0.15) is 4.21 Å². The van der Waals surface area contributed by atoms with Gasteiger partial charge in [-0.25, -0.2) is 8.42 Å². The van der Waals surface area contributed by atoms with Crippen molar-refractivity contribution in [1.29, 1.82) is 0 Å². The molecule has 23 heavy (non-hydrogen) atoms. The Morgan fingerprint density at radius 1 is 1.52 bits per heavy atom. The summed E-state index contributed by atoms with van der Waals surface area (Å²) >= 11 is 1.28. The van der Waals surface area contributed by atoms with E-state index in [-0.39, 0.29) is 17.9 Å². The van der Waals surface area contributed by atoms with Crippen LogP contribution in [0, 0.1) is 5.92 Å². The summed E-state index contributed by atoms with van der Waals surface area (Å²) in [5.41, 5.74) is 5.94. The summed E-state index contributed by atoms with van der Waals surface area (Å²) in [6.45, 7) is 4.98. The topological polar surface area (TPSA) is 92.5 Å². The number of sulfonamides is 1. The van der Waals surface area contributed by atoms with Gasteiger partial charge in [-0.15, -0.1) is 11.3 Å². The predicted octanol–water partition coefficient (Wildman–Crippen LogP) is 1.17. The molecule has 0 aliphatic carbocycles. The van der Waals surface area contributed by atoms with Crippen molar-refractivity contribution in [1.82, 2.24) is 9.62 Å². The first kappa shape index (κ1) is 18.4. The first-order valence-electron chi connectivity index (χ1n) is 7.89. The minimum Gasteiger partial charge on any atom is -0.356 e. The van der Waals surface area contributed by atoms with Crippen LogP contribution in [-0.2, 0) is 21.2 Å². The Kier molecular flexibility index (Phi) is 6.19. The van der Waals surface area contributed by atoms with E-state index in [1.165, 1.54) is 18.3 Å². The first-order chi connectivity index (χ1) is 10.8. The molecule has 8 heteroatoms. The van der Waals surface area contributed by atoms with Crippen molar-refractivity contribution in [2.24, 2.45) is 11.7 Å². The quantitative estimate of drug-likeness (QED) is 0.797. The largest absolute Gasteiger partial charge is 0.356 e. The monoisotopic (exact) mass is 359 g/mol. The molecule has 2 atom stereocenters. The maximum atomic E-state index is 12.8. The Labute approximate surface area is 142 Å². The van der Waals surface area contributed by atoms with Crippen LogP contribution in [0.5, 0.6) is 0 Å². The summed E-state index contributed by atoms with van der Waals surface area (Å²) in [6.07, 6.45) is 2.48. The maximum absolute atomic E-state index is 12.8. The van der Waals surface area contributed by atoms with Crippen LogP contribution in [0.4, 0.5) is 0 Å². The van der Waals surface area contributed by atoms with Crippen LogP contribution in [-0.4, -0.2) is 44.3 Å². The van der Waals surface area contributed by atoms with Crippen LogP contribution in [0.15, 0.2) is 16.3 Å². The molecule has 1 aliphatic heterocycles. The van der Waals surface area contributed by atoms with Gasteiger partial charge in [0.25, 0.3) is 10.0 Å². The fraction of sp³-hybridized carbons (Fsp3) is 0.667. The van der Waals surface area contributed by atoms with Gasteiger partial charge >= 0.3 is 0 Å². The molecule has 6 nitrogen and oxygen atoms in total. The van der Waals surface area contributed by atoms with E-state index in [1.807, 2.05) is 13.0 Å². The molecular weight excluding hydrogens is 334 g/mol. The van der Waals surface area contributed by atoms with Crippen molar-refractivity contribution in [3.63, 3.8) is 0 Å². The summed E-state index contributed by atoms with van der Waals surface area (Å²) in [5.74, 6) is 0.141. The highest BCUT2D eigenvalue weighted by molar-refractivity contribution is 7.91. The molecule has 2 unspecified atom stereocenters. The minimum atomic E-state index is -3.44. The first-order valence-corrected chi connectivity index (χ1v) is 10.1. The van der Waals surface area contributed by atoms with Crippen LogP contribution < -0.4 is 11.1 Å². The van der Waals surface area contributed by atoms with E-state index in [1.54, 1.807) is 10.4 Å². The maximum Gasteiger partial charge on any atom is 0.252 e. The SMILES string of the molecule is CC(=O)NCCc1ccc(S(=O)(=O)N2CCCC(C(C)N)C2)s1.